The van der Waals surface area contributed by atoms with Crippen LogP contribution in [0.5, 0.6) is 0 Å². The van der Waals surface area contributed by atoms with Crippen LogP contribution in [-0.4, -0.2) is 6.26 Å². The van der Waals surface area contributed by atoms with E-state index in [1.165, 1.54) is 25.8 Å². The van der Waals surface area contributed by atoms with Crippen molar-refractivity contribution in [2.75, 3.05) is 6.26 Å². The van der Waals surface area contributed by atoms with E-state index in [1.807, 2.05) is 0 Å². The second kappa shape index (κ2) is 6.91. The SMILES string of the molecule is CSc1cccc(Sc2ccc(C(C)(C)C)cc2)c1CN. The van der Waals surface area contributed by atoms with E-state index in [0.717, 1.165) is 0 Å². The molecule has 0 fully saturated rings. The summed E-state index contributed by atoms with van der Waals surface area (Å²) >= 11 is 3.55. The van der Waals surface area contributed by atoms with E-state index in [2.05, 4.69) is 69.5 Å². The first-order valence-corrected chi connectivity index (χ1v) is 9.14. The molecule has 0 aliphatic heterocycles. The molecule has 1 nitrogen and oxygen atoms in total. The minimum atomic E-state index is 0.199. The Balaban J connectivity index is 2.26. The van der Waals surface area contributed by atoms with Gasteiger partial charge in [0, 0.05) is 21.2 Å². The van der Waals surface area contributed by atoms with E-state index < -0.39 is 0 Å². The zero-order valence-electron chi connectivity index (χ0n) is 13.1. The van der Waals surface area contributed by atoms with Gasteiger partial charge in [0.25, 0.3) is 0 Å². The number of thioether (sulfide) groups is 1. The van der Waals surface area contributed by atoms with E-state index >= 15 is 0 Å². The highest BCUT2D eigenvalue weighted by Crippen LogP contribution is 2.35. The standard InChI is InChI=1S/C18H23NS2/c1-18(2,3)13-8-10-14(11-9-13)21-17-7-5-6-16(20-4)15(17)12-19/h5-11H,12,19H2,1-4H3. The van der Waals surface area contributed by atoms with Gasteiger partial charge in [-0.2, -0.15) is 0 Å². The van der Waals surface area contributed by atoms with Gasteiger partial charge in [0.15, 0.2) is 0 Å². The van der Waals surface area contributed by atoms with E-state index in [9.17, 15) is 0 Å². The van der Waals surface area contributed by atoms with E-state index in [-0.39, 0.29) is 5.41 Å². The molecule has 0 atom stereocenters. The van der Waals surface area contributed by atoms with Gasteiger partial charge in [-0.05, 0) is 47.1 Å². The molecule has 112 valence electrons. The molecule has 0 unspecified atom stereocenters. The van der Waals surface area contributed by atoms with Crippen molar-refractivity contribution < 1.29 is 0 Å². The summed E-state index contributed by atoms with van der Waals surface area (Å²) in [6.07, 6.45) is 2.10. The number of rotatable bonds is 4. The molecule has 0 heterocycles. The topological polar surface area (TPSA) is 26.0 Å². The molecule has 0 aromatic heterocycles. The summed E-state index contributed by atoms with van der Waals surface area (Å²) in [6.45, 7) is 7.30. The molecule has 0 saturated heterocycles. The average Bonchev–Trinajstić information content (AvgIpc) is 2.46. The molecule has 0 aliphatic carbocycles. The summed E-state index contributed by atoms with van der Waals surface area (Å²) in [5, 5.41) is 0. The van der Waals surface area contributed by atoms with Crippen LogP contribution in [0.15, 0.2) is 57.2 Å². The Morgan fingerprint density at radius 1 is 0.952 bits per heavy atom. The van der Waals surface area contributed by atoms with E-state index in [4.69, 9.17) is 5.73 Å². The van der Waals surface area contributed by atoms with Crippen molar-refractivity contribution in [2.45, 2.75) is 47.4 Å². The van der Waals surface area contributed by atoms with Crippen LogP contribution < -0.4 is 5.73 Å². The maximum absolute atomic E-state index is 5.94. The first-order valence-electron chi connectivity index (χ1n) is 7.10. The van der Waals surface area contributed by atoms with Gasteiger partial charge in [-0.15, -0.1) is 11.8 Å². The second-order valence-corrected chi connectivity index (χ2v) is 7.98. The molecule has 0 spiro atoms. The van der Waals surface area contributed by atoms with Crippen molar-refractivity contribution in [3.8, 4) is 0 Å². The predicted octanol–water partition coefficient (Wildman–Crippen LogP) is 5.32. The van der Waals surface area contributed by atoms with Gasteiger partial charge < -0.3 is 5.73 Å². The van der Waals surface area contributed by atoms with Crippen molar-refractivity contribution in [3.05, 3.63) is 53.6 Å². The molecule has 2 aromatic carbocycles. The normalized spacial score (nSPS) is 11.7. The molecular formula is C18H23NS2. The van der Waals surface area contributed by atoms with Crippen molar-refractivity contribution in [1.29, 1.82) is 0 Å². The lowest BCUT2D eigenvalue weighted by Crippen LogP contribution is -2.10. The van der Waals surface area contributed by atoms with Gasteiger partial charge in [0.05, 0.1) is 0 Å². The molecule has 2 N–H and O–H groups in total. The zero-order valence-corrected chi connectivity index (χ0v) is 14.8. The highest BCUT2D eigenvalue weighted by Gasteiger charge is 2.13. The van der Waals surface area contributed by atoms with Gasteiger partial charge in [-0.3, -0.25) is 0 Å². The predicted molar refractivity (Wildman–Crippen MR) is 95.4 cm³/mol. The molecule has 21 heavy (non-hydrogen) atoms. The summed E-state index contributed by atoms with van der Waals surface area (Å²) in [4.78, 5) is 3.79. The minimum Gasteiger partial charge on any atom is -0.326 e. The summed E-state index contributed by atoms with van der Waals surface area (Å²) < 4.78 is 0. The molecular weight excluding hydrogens is 294 g/mol. The van der Waals surface area contributed by atoms with E-state index in [1.54, 1.807) is 23.5 Å². The van der Waals surface area contributed by atoms with Gasteiger partial charge >= 0.3 is 0 Å². The number of hydrogen-bond donors (Lipinski definition) is 1. The highest BCUT2D eigenvalue weighted by atomic mass is 32.2. The summed E-state index contributed by atoms with van der Waals surface area (Å²) in [7, 11) is 0. The van der Waals surface area contributed by atoms with Crippen molar-refractivity contribution in [1.82, 2.24) is 0 Å². The van der Waals surface area contributed by atoms with Crippen LogP contribution in [0.2, 0.25) is 0 Å². The highest BCUT2D eigenvalue weighted by molar-refractivity contribution is 8.00. The average molecular weight is 318 g/mol. The van der Waals surface area contributed by atoms with Crippen LogP contribution in [0.25, 0.3) is 0 Å². The van der Waals surface area contributed by atoms with Gasteiger partial charge in [0.1, 0.15) is 0 Å². The molecule has 0 amide bonds. The number of nitrogens with two attached hydrogens (primary N) is 1. The lowest BCUT2D eigenvalue weighted by Gasteiger charge is -2.19. The lowest BCUT2D eigenvalue weighted by atomic mass is 9.87. The van der Waals surface area contributed by atoms with E-state index in [0.29, 0.717) is 6.54 Å². The third-order valence-electron chi connectivity index (χ3n) is 3.46. The van der Waals surface area contributed by atoms with Crippen LogP contribution in [0.4, 0.5) is 0 Å². The van der Waals surface area contributed by atoms with Crippen LogP contribution in [0.3, 0.4) is 0 Å². The fourth-order valence-electron chi connectivity index (χ4n) is 2.18. The Kier molecular flexibility index (Phi) is 5.42. The zero-order chi connectivity index (χ0) is 15.5. The third kappa shape index (κ3) is 4.06. The summed E-state index contributed by atoms with van der Waals surface area (Å²) in [5.41, 5.74) is 8.74. The molecule has 0 bridgehead atoms. The van der Waals surface area contributed by atoms with Gasteiger partial charge in [-0.1, -0.05) is 50.7 Å². The van der Waals surface area contributed by atoms with Crippen molar-refractivity contribution in [3.63, 3.8) is 0 Å². The minimum absolute atomic E-state index is 0.199. The van der Waals surface area contributed by atoms with Crippen LogP contribution in [-0.2, 0) is 12.0 Å². The third-order valence-corrected chi connectivity index (χ3v) is 5.39. The lowest BCUT2D eigenvalue weighted by molar-refractivity contribution is 0.590. The largest absolute Gasteiger partial charge is 0.326 e. The Morgan fingerprint density at radius 3 is 2.10 bits per heavy atom. The molecule has 0 radical (unpaired) electrons. The maximum atomic E-state index is 5.94. The fraction of sp³-hybridized carbons (Fsp3) is 0.333. The molecule has 0 aliphatic rings. The first-order chi connectivity index (χ1) is 9.95. The molecule has 2 rings (SSSR count). The quantitative estimate of drug-likeness (QED) is 0.773. The Bertz CT molecular complexity index is 598. The summed E-state index contributed by atoms with van der Waals surface area (Å²) in [5.74, 6) is 0. The number of benzene rings is 2. The van der Waals surface area contributed by atoms with Gasteiger partial charge in [-0.25, -0.2) is 0 Å². The van der Waals surface area contributed by atoms with Crippen LogP contribution >= 0.6 is 23.5 Å². The second-order valence-electron chi connectivity index (χ2n) is 6.02. The smallest absolute Gasteiger partial charge is 0.0200 e. The fourth-order valence-corrected chi connectivity index (χ4v) is 3.89. The number of hydrogen-bond acceptors (Lipinski definition) is 3. The maximum Gasteiger partial charge on any atom is 0.0200 e. The monoisotopic (exact) mass is 317 g/mol. The van der Waals surface area contributed by atoms with Crippen molar-refractivity contribution in [2.24, 2.45) is 5.73 Å². The summed E-state index contributed by atoms with van der Waals surface area (Å²) in [6, 6.07) is 15.3. The van der Waals surface area contributed by atoms with Gasteiger partial charge in [0.2, 0.25) is 0 Å². The Labute approximate surface area is 136 Å². The molecule has 3 heteroatoms. The van der Waals surface area contributed by atoms with Crippen LogP contribution in [0.1, 0.15) is 31.9 Å². The molecule has 0 saturated carbocycles. The Hall–Kier alpha value is -0.900. The van der Waals surface area contributed by atoms with Crippen LogP contribution in [0, 0.1) is 0 Å². The van der Waals surface area contributed by atoms with Crippen molar-refractivity contribution >= 4 is 23.5 Å². The Morgan fingerprint density at radius 2 is 1.57 bits per heavy atom. The first kappa shape index (κ1) is 16.5. The molecule has 2 aromatic rings.